The number of rotatable bonds is 6. The lowest BCUT2D eigenvalue weighted by Gasteiger charge is -2.27. The number of carbonyl (C=O) groups is 3. The molecule has 1 fully saturated rings. The van der Waals surface area contributed by atoms with Gasteiger partial charge in [0.1, 0.15) is 5.71 Å². The van der Waals surface area contributed by atoms with Crippen LogP contribution < -0.4 is 5.32 Å². The Morgan fingerprint density at radius 2 is 1.96 bits per heavy atom. The number of carbonyl (C=O) groups excluding carboxylic acids is 3. The fourth-order valence-electron chi connectivity index (χ4n) is 3.03. The van der Waals surface area contributed by atoms with E-state index in [1.165, 1.54) is 0 Å². The Morgan fingerprint density at radius 3 is 2.64 bits per heavy atom. The van der Waals surface area contributed by atoms with E-state index in [1.807, 2.05) is 30.3 Å². The Hall–Kier alpha value is -2.75. The van der Waals surface area contributed by atoms with Crippen molar-refractivity contribution in [2.45, 2.75) is 31.8 Å². The van der Waals surface area contributed by atoms with Crippen LogP contribution >= 0.6 is 0 Å². The second kappa shape index (κ2) is 8.51. The Kier molecular flexibility index (Phi) is 6.08. The molecule has 1 N–H and O–H groups in total. The van der Waals surface area contributed by atoms with Crippen molar-refractivity contribution >= 4 is 33.3 Å². The first-order valence-electron chi connectivity index (χ1n) is 8.92. The van der Waals surface area contributed by atoms with Gasteiger partial charge in [0, 0.05) is 19.4 Å². The lowest BCUT2D eigenvalue weighted by Crippen LogP contribution is -2.42. The summed E-state index contributed by atoms with van der Waals surface area (Å²) in [6.07, 6.45) is 0.436. The van der Waals surface area contributed by atoms with Crippen LogP contribution in [0.1, 0.15) is 24.8 Å². The number of sulfone groups is 1. The normalized spacial score (nSPS) is 21.1. The maximum atomic E-state index is 12.2. The van der Waals surface area contributed by atoms with Crippen molar-refractivity contribution in [3.63, 3.8) is 0 Å². The van der Waals surface area contributed by atoms with Gasteiger partial charge in [0.05, 0.1) is 17.5 Å². The molecular formula is C18H21N3O6S. The molecule has 2 aliphatic heterocycles. The highest BCUT2D eigenvalue weighted by Crippen LogP contribution is 2.22. The number of hydrazone groups is 1. The van der Waals surface area contributed by atoms with E-state index < -0.39 is 34.4 Å². The van der Waals surface area contributed by atoms with Gasteiger partial charge in [-0.2, -0.15) is 5.10 Å². The second-order valence-electron chi connectivity index (χ2n) is 6.68. The van der Waals surface area contributed by atoms with Crippen LogP contribution in [-0.2, 0) is 35.5 Å². The third-order valence-corrected chi connectivity index (χ3v) is 6.27. The molecular weight excluding hydrogens is 386 g/mol. The summed E-state index contributed by atoms with van der Waals surface area (Å²) in [7, 11) is -3.19. The van der Waals surface area contributed by atoms with Crippen molar-refractivity contribution in [2.24, 2.45) is 5.10 Å². The minimum atomic E-state index is -3.19. The number of nitrogens with zero attached hydrogens (tertiary/aromatic N) is 2. The van der Waals surface area contributed by atoms with E-state index in [9.17, 15) is 22.8 Å². The van der Waals surface area contributed by atoms with Crippen molar-refractivity contribution in [3.8, 4) is 0 Å². The monoisotopic (exact) mass is 407 g/mol. The van der Waals surface area contributed by atoms with Crippen LogP contribution in [0.4, 0.5) is 0 Å². The summed E-state index contributed by atoms with van der Waals surface area (Å²) < 4.78 is 28.2. The maximum absolute atomic E-state index is 12.2. The van der Waals surface area contributed by atoms with Crippen LogP contribution in [-0.4, -0.2) is 61.1 Å². The SMILES string of the molecule is O=C(COC(=O)C1=NN([C@@H]2CCS(=O)(=O)C2)C(=O)CC1)NCc1ccccc1. The molecule has 1 aromatic carbocycles. The fourth-order valence-corrected chi connectivity index (χ4v) is 4.73. The minimum Gasteiger partial charge on any atom is -0.451 e. The predicted octanol–water partition coefficient (Wildman–Crippen LogP) is 0.0115. The molecule has 1 atom stereocenters. The maximum Gasteiger partial charge on any atom is 0.355 e. The van der Waals surface area contributed by atoms with Crippen molar-refractivity contribution in [2.75, 3.05) is 18.1 Å². The Morgan fingerprint density at radius 1 is 1.21 bits per heavy atom. The van der Waals surface area contributed by atoms with Gasteiger partial charge in [0.2, 0.25) is 5.91 Å². The van der Waals surface area contributed by atoms with Crippen LogP contribution in [0.15, 0.2) is 35.4 Å². The highest BCUT2D eigenvalue weighted by molar-refractivity contribution is 7.91. The zero-order valence-electron chi connectivity index (χ0n) is 15.2. The molecule has 0 radical (unpaired) electrons. The van der Waals surface area contributed by atoms with E-state index in [0.29, 0.717) is 13.0 Å². The van der Waals surface area contributed by atoms with E-state index in [-0.39, 0.29) is 36.0 Å². The molecule has 2 amide bonds. The zero-order chi connectivity index (χ0) is 20.1. The van der Waals surface area contributed by atoms with Crippen LogP contribution in [0.25, 0.3) is 0 Å². The Bertz CT molecular complexity index is 897. The standard InChI is InChI=1S/C18H21N3O6S/c22-16(19-10-13-4-2-1-3-5-13)11-27-18(24)15-6-7-17(23)21(20-15)14-8-9-28(25,26)12-14/h1-5,14H,6-12H2,(H,19,22)/t14-/m1/s1. The molecule has 2 heterocycles. The van der Waals surface area contributed by atoms with Gasteiger partial charge in [-0.15, -0.1) is 0 Å². The average Bonchev–Trinajstić information content (AvgIpc) is 3.05. The molecule has 1 saturated heterocycles. The summed E-state index contributed by atoms with van der Waals surface area (Å²) in [5.41, 5.74) is 0.930. The van der Waals surface area contributed by atoms with Gasteiger partial charge in [-0.3, -0.25) is 9.59 Å². The molecule has 150 valence electrons. The van der Waals surface area contributed by atoms with Gasteiger partial charge < -0.3 is 10.1 Å². The smallest absolute Gasteiger partial charge is 0.355 e. The van der Waals surface area contributed by atoms with Crippen LogP contribution in [0.3, 0.4) is 0 Å². The molecule has 0 bridgehead atoms. The number of ether oxygens (including phenoxy) is 1. The van der Waals surface area contributed by atoms with Crippen LogP contribution in [0.5, 0.6) is 0 Å². The van der Waals surface area contributed by atoms with Gasteiger partial charge in [-0.1, -0.05) is 30.3 Å². The van der Waals surface area contributed by atoms with Gasteiger partial charge in [0.25, 0.3) is 5.91 Å². The highest BCUT2D eigenvalue weighted by atomic mass is 32.2. The van der Waals surface area contributed by atoms with E-state index >= 15 is 0 Å². The van der Waals surface area contributed by atoms with Gasteiger partial charge in [-0.25, -0.2) is 18.2 Å². The number of esters is 1. The number of amides is 2. The summed E-state index contributed by atoms with van der Waals surface area (Å²) in [6.45, 7) is -0.146. The van der Waals surface area contributed by atoms with Crippen molar-refractivity contribution in [1.29, 1.82) is 0 Å². The molecule has 0 aliphatic carbocycles. The van der Waals surface area contributed by atoms with Crippen molar-refractivity contribution in [3.05, 3.63) is 35.9 Å². The third kappa shape index (κ3) is 5.16. The molecule has 0 aromatic heterocycles. The zero-order valence-corrected chi connectivity index (χ0v) is 16.0. The molecule has 1 aromatic rings. The highest BCUT2D eigenvalue weighted by Gasteiger charge is 2.37. The molecule has 0 spiro atoms. The fraction of sp³-hybridized carbons (Fsp3) is 0.444. The van der Waals surface area contributed by atoms with E-state index in [2.05, 4.69) is 10.4 Å². The Balaban J connectivity index is 1.52. The quantitative estimate of drug-likeness (QED) is 0.663. The summed E-state index contributed by atoms with van der Waals surface area (Å²) in [4.78, 5) is 36.1. The Labute approximate surface area is 162 Å². The lowest BCUT2D eigenvalue weighted by atomic mass is 10.1. The van der Waals surface area contributed by atoms with E-state index in [4.69, 9.17) is 4.74 Å². The molecule has 2 aliphatic rings. The topological polar surface area (TPSA) is 122 Å². The molecule has 0 unspecified atom stereocenters. The third-order valence-electron chi connectivity index (χ3n) is 4.52. The van der Waals surface area contributed by atoms with Gasteiger partial charge >= 0.3 is 5.97 Å². The van der Waals surface area contributed by atoms with Gasteiger partial charge in [0.15, 0.2) is 16.4 Å². The van der Waals surface area contributed by atoms with Gasteiger partial charge in [-0.05, 0) is 12.0 Å². The molecule has 9 nitrogen and oxygen atoms in total. The lowest BCUT2D eigenvalue weighted by molar-refractivity contribution is -0.143. The summed E-state index contributed by atoms with van der Waals surface area (Å²) in [5.74, 6) is -1.72. The average molecular weight is 407 g/mol. The second-order valence-corrected chi connectivity index (χ2v) is 8.91. The van der Waals surface area contributed by atoms with Crippen molar-refractivity contribution < 1.29 is 27.5 Å². The molecule has 3 rings (SSSR count). The summed E-state index contributed by atoms with van der Waals surface area (Å²) in [5, 5.41) is 7.73. The largest absolute Gasteiger partial charge is 0.451 e. The van der Waals surface area contributed by atoms with E-state index in [0.717, 1.165) is 10.6 Å². The predicted molar refractivity (Wildman–Crippen MR) is 99.8 cm³/mol. The minimum absolute atomic E-state index is 0.00165. The number of nitrogens with one attached hydrogen (secondary N) is 1. The number of benzene rings is 1. The summed E-state index contributed by atoms with van der Waals surface area (Å²) >= 11 is 0. The first kappa shape index (κ1) is 20.0. The van der Waals surface area contributed by atoms with Crippen LogP contribution in [0, 0.1) is 0 Å². The molecule has 28 heavy (non-hydrogen) atoms. The summed E-state index contributed by atoms with van der Waals surface area (Å²) in [6, 6.07) is 8.73. The van der Waals surface area contributed by atoms with Crippen molar-refractivity contribution in [1.82, 2.24) is 10.3 Å². The molecule has 0 saturated carbocycles. The number of hydrogen-bond donors (Lipinski definition) is 1. The number of hydrogen-bond acceptors (Lipinski definition) is 7. The molecule has 10 heteroatoms. The first-order chi connectivity index (χ1) is 13.3. The van der Waals surface area contributed by atoms with Crippen LogP contribution in [0.2, 0.25) is 0 Å². The van der Waals surface area contributed by atoms with E-state index in [1.54, 1.807) is 0 Å². The first-order valence-corrected chi connectivity index (χ1v) is 10.7.